The Bertz CT molecular complexity index is 1370. The summed E-state index contributed by atoms with van der Waals surface area (Å²) in [4.78, 5) is 12.4. The van der Waals surface area contributed by atoms with Crippen LogP contribution in [0.3, 0.4) is 0 Å². The van der Waals surface area contributed by atoms with Crippen LogP contribution in [0.15, 0.2) is 47.4 Å². The highest BCUT2D eigenvalue weighted by Crippen LogP contribution is 2.51. The summed E-state index contributed by atoms with van der Waals surface area (Å²) in [5.74, 6) is -1.43. The van der Waals surface area contributed by atoms with E-state index in [-0.39, 0.29) is 43.7 Å². The number of aliphatic hydroxyl groups is 2. The van der Waals surface area contributed by atoms with E-state index >= 15 is 0 Å². The number of carbonyl (C=O) groups excluding carboxylic acids is 1. The molecule has 4 rings (SSSR count). The number of carbonyl (C=O) groups is 1. The maximum Gasteiger partial charge on any atom is 0.430 e. The van der Waals surface area contributed by atoms with Gasteiger partial charge in [-0.3, -0.25) is 9.10 Å². The minimum Gasteiger partial charge on any atom is -0.389 e. The van der Waals surface area contributed by atoms with Gasteiger partial charge in [0.1, 0.15) is 5.82 Å². The quantitative estimate of drug-likeness (QED) is 0.431. The van der Waals surface area contributed by atoms with E-state index in [2.05, 4.69) is 5.32 Å². The van der Waals surface area contributed by atoms with Crippen LogP contribution in [-0.4, -0.2) is 68.3 Å². The zero-order valence-electron chi connectivity index (χ0n) is 21.0. The summed E-state index contributed by atoms with van der Waals surface area (Å²) in [6, 6.07) is 3.20. The van der Waals surface area contributed by atoms with E-state index in [1.54, 1.807) is 0 Å². The Balaban J connectivity index is 1.75. The van der Waals surface area contributed by atoms with Crippen LogP contribution in [0.25, 0.3) is 0 Å². The molecule has 3 unspecified atom stereocenters. The van der Waals surface area contributed by atoms with Crippen LogP contribution in [0.5, 0.6) is 0 Å². The second kappa shape index (κ2) is 11.0. The molecule has 0 saturated carbocycles. The normalized spacial score (nSPS) is 22.3. The molecule has 0 spiro atoms. The summed E-state index contributed by atoms with van der Waals surface area (Å²) >= 11 is 0. The van der Waals surface area contributed by atoms with Crippen molar-refractivity contribution in [1.29, 1.82) is 0 Å². The van der Waals surface area contributed by atoms with Gasteiger partial charge in [0.25, 0.3) is 15.6 Å². The Kier molecular flexibility index (Phi) is 8.34. The molecule has 0 aliphatic carbocycles. The fourth-order valence-corrected chi connectivity index (χ4v) is 6.67. The number of nitrogens with zero attached hydrogens (tertiary/aromatic N) is 1. The monoisotopic (exact) mass is 614 g/mol. The third-order valence-corrected chi connectivity index (χ3v) is 8.98. The summed E-state index contributed by atoms with van der Waals surface area (Å²) in [5.41, 5.74) is -7.34. The molecule has 3 N–H and O–H groups in total. The number of aliphatic hydroxyl groups excluding tert-OH is 1. The van der Waals surface area contributed by atoms with Crippen molar-refractivity contribution in [3.05, 3.63) is 59.4 Å². The zero-order valence-corrected chi connectivity index (χ0v) is 21.9. The van der Waals surface area contributed by atoms with Crippen molar-refractivity contribution >= 4 is 21.6 Å². The Morgan fingerprint density at radius 1 is 1.02 bits per heavy atom. The molecule has 41 heavy (non-hydrogen) atoms. The van der Waals surface area contributed by atoms with Crippen LogP contribution in [-0.2, 0) is 31.6 Å². The number of anilines is 1. The number of benzene rings is 2. The predicted molar refractivity (Wildman–Crippen MR) is 129 cm³/mol. The molecule has 0 bridgehead atoms. The van der Waals surface area contributed by atoms with Crippen molar-refractivity contribution < 1.29 is 58.9 Å². The molecule has 226 valence electrons. The lowest BCUT2D eigenvalue weighted by Crippen LogP contribution is -2.54. The number of alkyl halides is 6. The standard InChI is InChI=1S/C25H25F7N2O6S/c26-16-3-6-18(7-4-16)41(38,39)34-17(12-22(36)33-19-9-10-40-13-21(19)35)5-1-14-11-15(2-8-20(14)34)23(37,24(27,28)29)25(30,31)32/h2-4,6-8,11,17,19,21,35,37H,1,5,9-10,12-13H2,(H,33,36). The van der Waals surface area contributed by atoms with Gasteiger partial charge in [-0.1, -0.05) is 12.1 Å². The molecule has 2 aliphatic rings. The fourth-order valence-electron chi connectivity index (χ4n) is 4.95. The lowest BCUT2D eigenvalue weighted by molar-refractivity contribution is -0.376. The molecule has 3 atom stereocenters. The minimum absolute atomic E-state index is 0.0304. The summed E-state index contributed by atoms with van der Waals surface area (Å²) in [7, 11) is -4.63. The number of rotatable bonds is 6. The SMILES string of the molecule is O=C(CC1CCc2cc(C(O)(C(F)(F)F)C(F)(F)F)ccc2N1S(=O)(=O)c1ccc(F)cc1)NC1CCOCC1O. The van der Waals surface area contributed by atoms with Gasteiger partial charge in [-0.2, -0.15) is 26.3 Å². The van der Waals surface area contributed by atoms with Gasteiger partial charge in [-0.15, -0.1) is 0 Å². The maximum atomic E-state index is 13.7. The first-order chi connectivity index (χ1) is 19.0. The molecule has 1 amide bonds. The summed E-state index contributed by atoms with van der Waals surface area (Å²) in [6.45, 7) is 0.228. The summed E-state index contributed by atoms with van der Waals surface area (Å²) < 4.78 is 128. The molecule has 1 fully saturated rings. The molecular formula is C25H25F7N2O6S. The minimum atomic E-state index is -6.15. The van der Waals surface area contributed by atoms with Gasteiger partial charge in [-0.05, 0) is 55.2 Å². The number of hydrogen-bond acceptors (Lipinski definition) is 6. The van der Waals surface area contributed by atoms with Crippen LogP contribution in [0, 0.1) is 5.82 Å². The average Bonchev–Trinajstić information content (AvgIpc) is 2.88. The lowest BCUT2D eigenvalue weighted by Gasteiger charge is -2.39. The smallest absolute Gasteiger partial charge is 0.389 e. The second-order valence-electron chi connectivity index (χ2n) is 9.81. The van der Waals surface area contributed by atoms with Gasteiger partial charge in [0, 0.05) is 18.6 Å². The van der Waals surface area contributed by atoms with Gasteiger partial charge >= 0.3 is 12.4 Å². The third-order valence-electron chi connectivity index (χ3n) is 7.10. The van der Waals surface area contributed by atoms with E-state index in [1.165, 1.54) is 0 Å². The Morgan fingerprint density at radius 3 is 2.24 bits per heavy atom. The molecule has 2 aliphatic heterocycles. The van der Waals surface area contributed by atoms with Gasteiger partial charge in [0.15, 0.2) is 0 Å². The molecule has 2 aromatic carbocycles. The third kappa shape index (κ3) is 5.87. The Hall–Kier alpha value is -2.95. The van der Waals surface area contributed by atoms with Crippen LogP contribution >= 0.6 is 0 Å². The zero-order chi connectivity index (χ0) is 30.4. The first kappa shape index (κ1) is 31.0. The van der Waals surface area contributed by atoms with Crippen molar-refractivity contribution in [2.24, 2.45) is 0 Å². The number of hydrogen-bond donors (Lipinski definition) is 3. The van der Waals surface area contributed by atoms with Crippen LogP contribution in [0.1, 0.15) is 30.4 Å². The highest BCUT2D eigenvalue weighted by Gasteiger charge is 2.71. The van der Waals surface area contributed by atoms with E-state index < -0.39 is 74.8 Å². The molecular weight excluding hydrogens is 589 g/mol. The number of aryl methyl sites for hydroxylation is 1. The number of halogens is 7. The van der Waals surface area contributed by atoms with Gasteiger partial charge in [0.05, 0.1) is 35.4 Å². The van der Waals surface area contributed by atoms with Crippen molar-refractivity contribution in [3.63, 3.8) is 0 Å². The van der Waals surface area contributed by atoms with Crippen LogP contribution < -0.4 is 9.62 Å². The largest absolute Gasteiger partial charge is 0.430 e. The van der Waals surface area contributed by atoms with Crippen LogP contribution in [0.2, 0.25) is 0 Å². The van der Waals surface area contributed by atoms with E-state index in [0.717, 1.165) is 24.3 Å². The number of amides is 1. The topological polar surface area (TPSA) is 116 Å². The fraction of sp³-hybridized carbons (Fsp3) is 0.480. The van der Waals surface area contributed by atoms with Crippen molar-refractivity contribution in [2.45, 2.75) is 66.7 Å². The van der Waals surface area contributed by atoms with E-state index in [9.17, 15) is 54.2 Å². The molecule has 0 radical (unpaired) electrons. The predicted octanol–water partition coefficient (Wildman–Crippen LogP) is 3.30. The van der Waals surface area contributed by atoms with Gasteiger partial charge in [0.2, 0.25) is 5.91 Å². The Morgan fingerprint density at radius 2 is 1.66 bits per heavy atom. The summed E-state index contributed by atoms with van der Waals surface area (Å²) in [5, 5.41) is 22.5. The van der Waals surface area contributed by atoms with E-state index in [0.29, 0.717) is 22.5 Å². The molecule has 8 nitrogen and oxygen atoms in total. The number of sulfonamides is 1. The van der Waals surface area contributed by atoms with Crippen molar-refractivity contribution in [3.8, 4) is 0 Å². The molecule has 1 saturated heterocycles. The number of nitrogens with one attached hydrogen (secondary N) is 1. The van der Waals surface area contributed by atoms with Gasteiger partial charge < -0.3 is 20.3 Å². The highest BCUT2D eigenvalue weighted by atomic mass is 32.2. The highest BCUT2D eigenvalue weighted by molar-refractivity contribution is 7.92. The number of ether oxygens (including phenoxy) is 1. The van der Waals surface area contributed by atoms with E-state index in [4.69, 9.17) is 4.74 Å². The second-order valence-corrected chi connectivity index (χ2v) is 11.6. The molecule has 0 aromatic heterocycles. The molecule has 2 aromatic rings. The summed E-state index contributed by atoms with van der Waals surface area (Å²) in [6.07, 6.45) is -13.9. The van der Waals surface area contributed by atoms with Crippen molar-refractivity contribution in [2.75, 3.05) is 17.5 Å². The lowest BCUT2D eigenvalue weighted by atomic mass is 9.87. The molecule has 16 heteroatoms. The molecule has 2 heterocycles. The van der Waals surface area contributed by atoms with Gasteiger partial charge in [-0.25, -0.2) is 12.8 Å². The maximum absolute atomic E-state index is 13.7. The van der Waals surface area contributed by atoms with Crippen molar-refractivity contribution in [1.82, 2.24) is 5.32 Å². The first-order valence-electron chi connectivity index (χ1n) is 12.3. The average molecular weight is 615 g/mol. The number of fused-ring (bicyclic) bond motifs is 1. The van der Waals surface area contributed by atoms with Crippen LogP contribution in [0.4, 0.5) is 36.4 Å². The Labute approximate surface area is 229 Å². The first-order valence-corrected chi connectivity index (χ1v) is 13.7. The van der Waals surface area contributed by atoms with E-state index in [1.807, 2.05) is 0 Å².